The number of allylic oxidation sites excluding steroid dienone is 1. The average Bonchev–Trinajstić information content (AvgIpc) is 2.19. The molecule has 0 aliphatic carbocycles. The van der Waals surface area contributed by atoms with E-state index in [2.05, 4.69) is 0 Å². The molecular weight excluding hydrogens is 180 g/mol. The lowest BCUT2D eigenvalue weighted by Crippen LogP contribution is -2.03. The van der Waals surface area contributed by atoms with Crippen LogP contribution in [0.2, 0.25) is 0 Å². The van der Waals surface area contributed by atoms with E-state index in [1.807, 2.05) is 6.07 Å². The van der Waals surface area contributed by atoms with Gasteiger partial charge in [0.1, 0.15) is 11.3 Å². The van der Waals surface area contributed by atoms with E-state index >= 15 is 0 Å². The van der Waals surface area contributed by atoms with Gasteiger partial charge < -0.3 is 9.84 Å². The molecule has 0 spiro atoms. The highest BCUT2D eigenvalue weighted by molar-refractivity contribution is 6.15. The number of rotatable bonds is 3. The summed E-state index contributed by atoms with van der Waals surface area (Å²) in [5, 5.41) is 8.99. The van der Waals surface area contributed by atoms with E-state index in [0.717, 1.165) is 0 Å². The van der Waals surface area contributed by atoms with Crippen molar-refractivity contribution in [3.05, 3.63) is 41.7 Å². The summed E-state index contributed by atoms with van der Waals surface area (Å²) in [6.45, 7) is 1.64. The number of aliphatic carboxylic acids is 1. The molecule has 0 atom stereocenters. The second-order valence-corrected chi connectivity index (χ2v) is 2.81. The van der Waals surface area contributed by atoms with Crippen molar-refractivity contribution in [1.29, 1.82) is 0 Å². The fourth-order valence-corrected chi connectivity index (χ4v) is 1.18. The van der Waals surface area contributed by atoms with Gasteiger partial charge in [0, 0.05) is 0 Å². The van der Waals surface area contributed by atoms with E-state index in [1.165, 1.54) is 7.11 Å². The molecule has 14 heavy (non-hydrogen) atoms. The second kappa shape index (κ2) is 4.46. The lowest BCUT2D eigenvalue weighted by atomic mass is 10.1. The lowest BCUT2D eigenvalue weighted by Gasteiger charge is -2.06. The Balaban J connectivity index is 3.21. The summed E-state index contributed by atoms with van der Waals surface area (Å²) >= 11 is 0. The lowest BCUT2D eigenvalue weighted by molar-refractivity contribution is -0.130. The Kier molecular flexibility index (Phi) is 3.29. The molecule has 1 aromatic carbocycles. The third-order valence-electron chi connectivity index (χ3n) is 1.93. The predicted octanol–water partition coefficient (Wildman–Crippen LogP) is 2.15. The van der Waals surface area contributed by atoms with Gasteiger partial charge in [0.2, 0.25) is 0 Å². The van der Waals surface area contributed by atoms with E-state index in [1.54, 1.807) is 31.2 Å². The van der Waals surface area contributed by atoms with Crippen molar-refractivity contribution < 1.29 is 14.6 Å². The molecule has 0 heterocycles. The molecule has 1 aromatic rings. The molecule has 0 aliphatic heterocycles. The molecule has 0 saturated heterocycles. The number of ether oxygens (including phenoxy) is 1. The maximum atomic E-state index is 11.0. The molecule has 0 amide bonds. The molecule has 1 N–H and O–H groups in total. The minimum Gasteiger partial charge on any atom is -0.500 e. The molecular formula is C11H12O3. The SMILES string of the molecule is COC(C)=C(C(=O)O)c1ccccc1. The Labute approximate surface area is 82.6 Å². The van der Waals surface area contributed by atoms with Gasteiger partial charge in [-0.05, 0) is 12.5 Å². The Morgan fingerprint density at radius 3 is 2.29 bits per heavy atom. The Hall–Kier alpha value is -1.77. The highest BCUT2D eigenvalue weighted by Crippen LogP contribution is 2.18. The number of carboxylic acids is 1. The van der Waals surface area contributed by atoms with Gasteiger partial charge in [-0.2, -0.15) is 0 Å². The van der Waals surface area contributed by atoms with Gasteiger partial charge >= 0.3 is 5.97 Å². The monoisotopic (exact) mass is 192 g/mol. The van der Waals surface area contributed by atoms with Crippen LogP contribution in [0, 0.1) is 0 Å². The first-order valence-corrected chi connectivity index (χ1v) is 4.20. The largest absolute Gasteiger partial charge is 0.500 e. The molecule has 0 saturated carbocycles. The van der Waals surface area contributed by atoms with Gasteiger partial charge in [0.15, 0.2) is 0 Å². The number of methoxy groups -OCH3 is 1. The van der Waals surface area contributed by atoms with Gasteiger partial charge in [-0.3, -0.25) is 0 Å². The molecule has 3 heteroatoms. The number of hydrogen-bond acceptors (Lipinski definition) is 2. The van der Waals surface area contributed by atoms with Crippen LogP contribution in [0.5, 0.6) is 0 Å². The van der Waals surface area contributed by atoms with Crippen molar-refractivity contribution in [2.45, 2.75) is 6.92 Å². The molecule has 0 bridgehead atoms. The van der Waals surface area contributed by atoms with Crippen molar-refractivity contribution >= 4 is 11.5 Å². The van der Waals surface area contributed by atoms with Crippen molar-refractivity contribution in [3.63, 3.8) is 0 Å². The summed E-state index contributed by atoms with van der Waals surface area (Å²) in [5.74, 6) is -0.570. The van der Waals surface area contributed by atoms with Gasteiger partial charge in [0.25, 0.3) is 0 Å². The Morgan fingerprint density at radius 2 is 1.86 bits per heavy atom. The fraction of sp³-hybridized carbons (Fsp3) is 0.182. The maximum Gasteiger partial charge on any atom is 0.339 e. The highest BCUT2D eigenvalue weighted by Gasteiger charge is 2.13. The van der Waals surface area contributed by atoms with Crippen molar-refractivity contribution in [1.82, 2.24) is 0 Å². The minimum atomic E-state index is -0.976. The first-order valence-electron chi connectivity index (χ1n) is 4.20. The third kappa shape index (κ3) is 2.13. The van der Waals surface area contributed by atoms with Crippen LogP contribution in [0.1, 0.15) is 12.5 Å². The Morgan fingerprint density at radius 1 is 1.29 bits per heavy atom. The normalized spacial score (nSPS) is 11.9. The second-order valence-electron chi connectivity index (χ2n) is 2.81. The summed E-state index contributed by atoms with van der Waals surface area (Å²) in [7, 11) is 1.46. The van der Waals surface area contributed by atoms with Crippen LogP contribution < -0.4 is 0 Å². The number of hydrogen-bond donors (Lipinski definition) is 1. The molecule has 0 aliphatic rings. The smallest absolute Gasteiger partial charge is 0.339 e. The van der Waals surface area contributed by atoms with Gasteiger partial charge in [-0.1, -0.05) is 30.3 Å². The van der Waals surface area contributed by atoms with E-state index in [0.29, 0.717) is 11.3 Å². The van der Waals surface area contributed by atoms with Crippen LogP contribution in [0.15, 0.2) is 36.1 Å². The molecule has 74 valence electrons. The summed E-state index contributed by atoms with van der Waals surface area (Å²) in [5.41, 5.74) is 0.854. The van der Waals surface area contributed by atoms with Crippen LogP contribution in [0.25, 0.3) is 5.57 Å². The van der Waals surface area contributed by atoms with E-state index in [9.17, 15) is 4.79 Å². The first kappa shape index (κ1) is 10.3. The summed E-state index contributed by atoms with van der Waals surface area (Å²) in [6.07, 6.45) is 0. The maximum absolute atomic E-state index is 11.0. The zero-order valence-corrected chi connectivity index (χ0v) is 8.15. The molecule has 0 fully saturated rings. The van der Waals surface area contributed by atoms with Crippen molar-refractivity contribution in [3.8, 4) is 0 Å². The van der Waals surface area contributed by atoms with E-state index in [-0.39, 0.29) is 5.57 Å². The first-order chi connectivity index (χ1) is 6.66. The van der Waals surface area contributed by atoms with Crippen molar-refractivity contribution in [2.24, 2.45) is 0 Å². The Bertz CT molecular complexity index is 352. The topological polar surface area (TPSA) is 46.5 Å². The average molecular weight is 192 g/mol. The molecule has 1 rings (SSSR count). The van der Waals surface area contributed by atoms with Crippen molar-refractivity contribution in [2.75, 3.05) is 7.11 Å². The summed E-state index contributed by atoms with van der Waals surface area (Å²) in [4.78, 5) is 11.0. The molecule has 0 aromatic heterocycles. The molecule has 3 nitrogen and oxygen atoms in total. The molecule has 0 radical (unpaired) electrons. The standard InChI is InChI=1S/C11H12O3/c1-8(14-2)10(11(12)13)9-6-4-3-5-7-9/h3-7H,1-2H3,(H,12,13). The molecule has 0 unspecified atom stereocenters. The zero-order valence-electron chi connectivity index (χ0n) is 8.15. The minimum absolute atomic E-state index is 0.202. The van der Waals surface area contributed by atoms with Gasteiger partial charge in [-0.15, -0.1) is 0 Å². The number of carbonyl (C=O) groups is 1. The van der Waals surface area contributed by atoms with Crippen LogP contribution in [-0.4, -0.2) is 18.2 Å². The van der Waals surface area contributed by atoms with Crippen LogP contribution in [-0.2, 0) is 9.53 Å². The summed E-state index contributed by atoms with van der Waals surface area (Å²) < 4.78 is 4.93. The fourth-order valence-electron chi connectivity index (χ4n) is 1.18. The number of benzene rings is 1. The van der Waals surface area contributed by atoms with E-state index in [4.69, 9.17) is 9.84 Å². The van der Waals surface area contributed by atoms with Crippen LogP contribution in [0.3, 0.4) is 0 Å². The van der Waals surface area contributed by atoms with Crippen LogP contribution in [0.4, 0.5) is 0 Å². The highest BCUT2D eigenvalue weighted by atomic mass is 16.5. The predicted molar refractivity (Wildman–Crippen MR) is 53.7 cm³/mol. The van der Waals surface area contributed by atoms with Gasteiger partial charge in [-0.25, -0.2) is 4.79 Å². The van der Waals surface area contributed by atoms with Gasteiger partial charge in [0.05, 0.1) is 7.11 Å². The van der Waals surface area contributed by atoms with Crippen LogP contribution >= 0.6 is 0 Å². The number of carboxylic acid groups (broad SMARTS) is 1. The third-order valence-corrected chi connectivity index (χ3v) is 1.93. The summed E-state index contributed by atoms with van der Waals surface area (Å²) in [6, 6.07) is 8.91. The van der Waals surface area contributed by atoms with E-state index < -0.39 is 5.97 Å². The quantitative estimate of drug-likeness (QED) is 0.589. The zero-order chi connectivity index (χ0) is 10.6.